The van der Waals surface area contributed by atoms with Crippen molar-refractivity contribution < 1.29 is 9.53 Å². The third-order valence-electron chi connectivity index (χ3n) is 4.15. The van der Waals surface area contributed by atoms with Crippen molar-refractivity contribution in [3.63, 3.8) is 0 Å². The molecule has 0 aliphatic heterocycles. The molecule has 0 radical (unpaired) electrons. The van der Waals surface area contributed by atoms with Crippen LogP contribution < -0.4 is 10.1 Å². The third-order valence-corrected chi connectivity index (χ3v) is 4.15. The van der Waals surface area contributed by atoms with Gasteiger partial charge in [-0.1, -0.05) is 42.5 Å². The fraction of sp³-hybridized carbons (Fsp3) is 0.350. The second kappa shape index (κ2) is 8.96. The van der Waals surface area contributed by atoms with E-state index >= 15 is 0 Å². The molecule has 0 saturated heterocycles. The molecule has 0 heterocycles. The van der Waals surface area contributed by atoms with Gasteiger partial charge in [-0.15, -0.1) is 0 Å². The summed E-state index contributed by atoms with van der Waals surface area (Å²) in [6.45, 7) is 5.96. The van der Waals surface area contributed by atoms with E-state index in [4.69, 9.17) is 4.74 Å². The van der Waals surface area contributed by atoms with Crippen LogP contribution in [-0.2, 0) is 13.0 Å². The Labute approximate surface area is 144 Å². The first-order valence-corrected chi connectivity index (χ1v) is 8.35. The molecule has 0 saturated carbocycles. The summed E-state index contributed by atoms with van der Waals surface area (Å²) in [5.41, 5.74) is 3.49. The molecule has 0 fully saturated rings. The predicted molar refractivity (Wildman–Crippen MR) is 97.4 cm³/mol. The number of hydrogen-bond donors (Lipinski definition) is 1. The van der Waals surface area contributed by atoms with Gasteiger partial charge in [-0.25, -0.2) is 4.79 Å². The molecule has 2 amide bonds. The molecule has 0 spiro atoms. The smallest absolute Gasteiger partial charge is 0.317 e. The van der Waals surface area contributed by atoms with Gasteiger partial charge in [0.15, 0.2) is 0 Å². The SMILES string of the molecule is CCN(Cc1ccccc1C)C(=O)NCCc1ccccc1OC. The summed E-state index contributed by atoms with van der Waals surface area (Å²) >= 11 is 0. The van der Waals surface area contributed by atoms with E-state index in [1.807, 2.05) is 48.2 Å². The van der Waals surface area contributed by atoms with Crippen LogP contribution >= 0.6 is 0 Å². The van der Waals surface area contributed by atoms with E-state index < -0.39 is 0 Å². The summed E-state index contributed by atoms with van der Waals surface area (Å²) in [5, 5.41) is 3.00. The standard InChI is InChI=1S/C20H26N2O2/c1-4-22(15-18-11-6-5-9-16(18)2)20(23)21-14-13-17-10-7-8-12-19(17)24-3/h5-12H,4,13-15H2,1-3H3,(H,21,23). The first-order chi connectivity index (χ1) is 11.7. The number of rotatable bonds is 7. The minimum atomic E-state index is -0.0318. The summed E-state index contributed by atoms with van der Waals surface area (Å²) in [6, 6.07) is 16.0. The highest BCUT2D eigenvalue weighted by molar-refractivity contribution is 5.74. The molecular weight excluding hydrogens is 300 g/mol. The number of amides is 2. The highest BCUT2D eigenvalue weighted by atomic mass is 16.5. The Hall–Kier alpha value is -2.49. The first kappa shape index (κ1) is 17.9. The van der Waals surface area contributed by atoms with Gasteiger partial charge in [0, 0.05) is 19.6 Å². The van der Waals surface area contributed by atoms with Gasteiger partial charge < -0.3 is 15.0 Å². The zero-order chi connectivity index (χ0) is 17.4. The Morgan fingerprint density at radius 1 is 1.08 bits per heavy atom. The van der Waals surface area contributed by atoms with Crippen LogP contribution in [0.1, 0.15) is 23.6 Å². The lowest BCUT2D eigenvalue weighted by Crippen LogP contribution is -2.40. The molecule has 24 heavy (non-hydrogen) atoms. The fourth-order valence-electron chi connectivity index (χ4n) is 2.65. The van der Waals surface area contributed by atoms with Crippen LogP contribution in [-0.4, -0.2) is 31.1 Å². The Balaban J connectivity index is 1.89. The van der Waals surface area contributed by atoms with E-state index in [1.165, 1.54) is 11.1 Å². The molecule has 0 aliphatic rings. The fourth-order valence-corrected chi connectivity index (χ4v) is 2.65. The zero-order valence-electron chi connectivity index (χ0n) is 14.7. The summed E-state index contributed by atoms with van der Waals surface area (Å²) in [6.07, 6.45) is 0.748. The number of aryl methyl sites for hydroxylation is 1. The molecule has 0 aliphatic carbocycles. The molecule has 0 bridgehead atoms. The van der Waals surface area contributed by atoms with Gasteiger partial charge in [0.05, 0.1) is 7.11 Å². The van der Waals surface area contributed by atoms with Crippen molar-refractivity contribution in [3.8, 4) is 5.75 Å². The quantitative estimate of drug-likeness (QED) is 0.841. The van der Waals surface area contributed by atoms with E-state index in [1.54, 1.807) is 7.11 Å². The Kier molecular flexibility index (Phi) is 6.67. The first-order valence-electron chi connectivity index (χ1n) is 8.35. The number of urea groups is 1. The van der Waals surface area contributed by atoms with Crippen LogP contribution in [0, 0.1) is 6.92 Å². The molecule has 4 nitrogen and oxygen atoms in total. The molecule has 1 N–H and O–H groups in total. The highest BCUT2D eigenvalue weighted by Gasteiger charge is 2.12. The molecule has 2 aromatic carbocycles. The third kappa shape index (κ3) is 4.75. The number of nitrogens with zero attached hydrogens (tertiary/aromatic N) is 1. The molecule has 0 atom stereocenters. The number of methoxy groups -OCH3 is 1. The Morgan fingerprint density at radius 3 is 2.42 bits per heavy atom. The molecule has 0 aromatic heterocycles. The van der Waals surface area contributed by atoms with Gasteiger partial charge in [0.25, 0.3) is 0 Å². The van der Waals surface area contributed by atoms with Gasteiger partial charge in [-0.05, 0) is 43.0 Å². The monoisotopic (exact) mass is 326 g/mol. The van der Waals surface area contributed by atoms with E-state index in [9.17, 15) is 4.79 Å². The molecule has 2 rings (SSSR count). The van der Waals surface area contributed by atoms with Gasteiger partial charge in [-0.2, -0.15) is 0 Å². The average molecular weight is 326 g/mol. The van der Waals surface area contributed by atoms with Crippen molar-refractivity contribution in [1.29, 1.82) is 0 Å². The average Bonchev–Trinajstić information content (AvgIpc) is 2.61. The minimum absolute atomic E-state index is 0.0318. The lowest BCUT2D eigenvalue weighted by molar-refractivity contribution is 0.198. The lowest BCUT2D eigenvalue weighted by Gasteiger charge is -2.22. The van der Waals surface area contributed by atoms with E-state index in [0.717, 1.165) is 17.7 Å². The van der Waals surface area contributed by atoms with Gasteiger partial charge in [0.2, 0.25) is 0 Å². The Bertz CT molecular complexity index is 670. The number of para-hydroxylation sites is 1. The van der Waals surface area contributed by atoms with Crippen molar-refractivity contribution in [1.82, 2.24) is 10.2 Å². The zero-order valence-corrected chi connectivity index (χ0v) is 14.7. The topological polar surface area (TPSA) is 41.6 Å². The molecular formula is C20H26N2O2. The molecule has 128 valence electrons. The van der Waals surface area contributed by atoms with Gasteiger partial charge >= 0.3 is 6.03 Å². The van der Waals surface area contributed by atoms with E-state index in [-0.39, 0.29) is 6.03 Å². The van der Waals surface area contributed by atoms with Crippen LogP contribution in [0.15, 0.2) is 48.5 Å². The second-order valence-corrected chi connectivity index (χ2v) is 5.73. The largest absolute Gasteiger partial charge is 0.496 e. The Morgan fingerprint density at radius 2 is 1.75 bits per heavy atom. The van der Waals surface area contributed by atoms with Crippen LogP contribution in [0.3, 0.4) is 0 Å². The highest BCUT2D eigenvalue weighted by Crippen LogP contribution is 2.17. The number of carbonyl (C=O) groups excluding carboxylic acids is 1. The molecule has 0 unspecified atom stereocenters. The van der Waals surface area contributed by atoms with Crippen molar-refractivity contribution in [2.45, 2.75) is 26.8 Å². The maximum absolute atomic E-state index is 12.4. The van der Waals surface area contributed by atoms with Crippen LogP contribution in [0.25, 0.3) is 0 Å². The van der Waals surface area contributed by atoms with E-state index in [0.29, 0.717) is 19.6 Å². The van der Waals surface area contributed by atoms with Crippen molar-refractivity contribution in [2.24, 2.45) is 0 Å². The number of hydrogen-bond acceptors (Lipinski definition) is 2. The second-order valence-electron chi connectivity index (χ2n) is 5.73. The van der Waals surface area contributed by atoms with Crippen LogP contribution in [0.5, 0.6) is 5.75 Å². The minimum Gasteiger partial charge on any atom is -0.496 e. The molecule has 4 heteroatoms. The number of ether oxygens (including phenoxy) is 1. The number of nitrogens with one attached hydrogen (secondary N) is 1. The predicted octanol–water partition coefficient (Wildman–Crippen LogP) is 3.78. The maximum atomic E-state index is 12.4. The summed E-state index contributed by atoms with van der Waals surface area (Å²) in [5.74, 6) is 0.860. The van der Waals surface area contributed by atoms with Crippen molar-refractivity contribution >= 4 is 6.03 Å². The summed E-state index contributed by atoms with van der Waals surface area (Å²) in [4.78, 5) is 14.2. The maximum Gasteiger partial charge on any atom is 0.317 e. The number of carbonyl (C=O) groups is 1. The normalized spacial score (nSPS) is 10.3. The van der Waals surface area contributed by atoms with Gasteiger partial charge in [-0.3, -0.25) is 0 Å². The summed E-state index contributed by atoms with van der Waals surface area (Å²) < 4.78 is 5.34. The van der Waals surface area contributed by atoms with Crippen LogP contribution in [0.2, 0.25) is 0 Å². The van der Waals surface area contributed by atoms with Crippen molar-refractivity contribution in [3.05, 3.63) is 65.2 Å². The van der Waals surface area contributed by atoms with Crippen molar-refractivity contribution in [2.75, 3.05) is 20.2 Å². The van der Waals surface area contributed by atoms with E-state index in [2.05, 4.69) is 24.4 Å². The molecule has 2 aromatic rings. The van der Waals surface area contributed by atoms with Crippen LogP contribution in [0.4, 0.5) is 4.79 Å². The van der Waals surface area contributed by atoms with Gasteiger partial charge in [0.1, 0.15) is 5.75 Å². The lowest BCUT2D eigenvalue weighted by atomic mass is 10.1. The number of benzene rings is 2. The summed E-state index contributed by atoms with van der Waals surface area (Å²) in [7, 11) is 1.67.